The van der Waals surface area contributed by atoms with E-state index in [1.165, 1.54) is 11.6 Å². The number of carbonyl (C=O) groups is 1. The van der Waals surface area contributed by atoms with Gasteiger partial charge in [0.25, 0.3) is 0 Å². The van der Waals surface area contributed by atoms with Crippen LogP contribution in [-0.4, -0.2) is 37.2 Å². The number of allylic oxidation sites excluding steroid dienone is 4. The van der Waals surface area contributed by atoms with Gasteiger partial charge in [0.15, 0.2) is 5.79 Å². The quantitative estimate of drug-likeness (QED) is 0.227. The summed E-state index contributed by atoms with van der Waals surface area (Å²) in [5.74, 6) is -1.04. The zero-order valence-electron chi connectivity index (χ0n) is 20.1. The molecule has 0 radical (unpaired) electrons. The minimum atomic E-state index is -0.666. The number of rotatable bonds is 7. The Balaban J connectivity index is 1.99. The fourth-order valence-electron chi connectivity index (χ4n) is 5.38. The molecular weight excluding hydrogens is 392 g/mol. The second-order valence-electron chi connectivity index (χ2n) is 10.1. The summed E-state index contributed by atoms with van der Waals surface area (Å²) in [6.45, 7) is 12.9. The Morgan fingerprint density at radius 3 is 2.61 bits per heavy atom. The Labute approximate surface area is 187 Å². The molecule has 2 aliphatic heterocycles. The molecule has 31 heavy (non-hydrogen) atoms. The fraction of sp³-hybridized carbons (Fsp3) is 0.654. The van der Waals surface area contributed by atoms with Gasteiger partial charge in [-0.05, 0) is 70.9 Å². The maximum Gasteiger partial charge on any atom is 0.335 e. The second-order valence-corrected chi connectivity index (χ2v) is 10.1. The van der Waals surface area contributed by atoms with E-state index in [0.717, 1.165) is 30.4 Å². The summed E-state index contributed by atoms with van der Waals surface area (Å²) < 4.78 is 24.2. The Kier molecular flexibility index (Phi) is 6.99. The van der Waals surface area contributed by atoms with Crippen molar-refractivity contribution in [1.29, 1.82) is 0 Å². The molecule has 5 unspecified atom stereocenters. The lowest BCUT2D eigenvalue weighted by atomic mass is 9.57. The highest BCUT2D eigenvalue weighted by Crippen LogP contribution is 2.60. The zero-order chi connectivity index (χ0) is 22.9. The van der Waals surface area contributed by atoms with Gasteiger partial charge in [0.1, 0.15) is 5.60 Å². The molecule has 1 spiro atoms. The number of hydrogen-bond donors (Lipinski definition) is 0. The van der Waals surface area contributed by atoms with E-state index in [9.17, 15) is 4.79 Å². The van der Waals surface area contributed by atoms with E-state index in [0.29, 0.717) is 13.0 Å². The zero-order valence-corrected chi connectivity index (χ0v) is 20.1. The predicted molar refractivity (Wildman–Crippen MR) is 121 cm³/mol. The van der Waals surface area contributed by atoms with Crippen molar-refractivity contribution in [1.82, 2.24) is 0 Å². The van der Waals surface area contributed by atoms with E-state index in [2.05, 4.69) is 32.9 Å². The minimum Gasteiger partial charge on any atom is -0.432 e. The van der Waals surface area contributed by atoms with Crippen LogP contribution in [0.4, 0.5) is 0 Å². The third-order valence-electron chi connectivity index (χ3n) is 6.90. The van der Waals surface area contributed by atoms with E-state index in [4.69, 9.17) is 18.9 Å². The van der Waals surface area contributed by atoms with Gasteiger partial charge in [0.05, 0.1) is 19.0 Å². The van der Waals surface area contributed by atoms with Gasteiger partial charge in [0.2, 0.25) is 0 Å². The summed E-state index contributed by atoms with van der Waals surface area (Å²) in [5, 5.41) is 0. The van der Waals surface area contributed by atoms with Crippen LogP contribution in [-0.2, 0) is 23.7 Å². The third-order valence-corrected chi connectivity index (χ3v) is 6.90. The molecule has 0 aromatic rings. The molecule has 1 aliphatic carbocycles. The third kappa shape index (κ3) is 4.74. The molecule has 5 heteroatoms. The highest BCUT2D eigenvalue weighted by Gasteiger charge is 2.66. The molecule has 3 rings (SSSR count). The summed E-state index contributed by atoms with van der Waals surface area (Å²) in [6, 6.07) is 0. The van der Waals surface area contributed by atoms with Crippen LogP contribution < -0.4 is 0 Å². The Morgan fingerprint density at radius 1 is 1.23 bits per heavy atom. The Bertz CT molecular complexity index is 814. The Morgan fingerprint density at radius 2 is 1.97 bits per heavy atom. The molecule has 172 valence electrons. The number of esters is 1. The highest BCUT2D eigenvalue weighted by molar-refractivity contribution is 5.83. The maximum absolute atomic E-state index is 12.1. The van der Waals surface area contributed by atoms with Gasteiger partial charge in [0, 0.05) is 25.5 Å². The van der Waals surface area contributed by atoms with Crippen LogP contribution in [0.1, 0.15) is 67.2 Å². The van der Waals surface area contributed by atoms with Crippen molar-refractivity contribution in [2.45, 2.75) is 84.7 Å². The molecule has 5 nitrogen and oxygen atoms in total. The molecule has 0 aromatic heterocycles. The van der Waals surface area contributed by atoms with Crippen LogP contribution in [0.3, 0.4) is 0 Å². The van der Waals surface area contributed by atoms with Crippen molar-refractivity contribution < 1.29 is 23.7 Å². The average Bonchev–Trinajstić information content (AvgIpc) is 2.90. The first-order valence-corrected chi connectivity index (χ1v) is 11.3. The van der Waals surface area contributed by atoms with Crippen molar-refractivity contribution in [3.05, 3.63) is 47.3 Å². The number of ether oxygens (including phenoxy) is 4. The lowest BCUT2D eigenvalue weighted by Gasteiger charge is -2.54. The van der Waals surface area contributed by atoms with E-state index < -0.39 is 11.4 Å². The molecule has 2 saturated heterocycles. The summed E-state index contributed by atoms with van der Waals surface area (Å²) in [6.07, 6.45) is 13.1. The first kappa shape index (κ1) is 24.0. The SMILES string of the molecule is COC1CC2(C)OCC3=CCC(C)(CCC=C(C)C)C(C=COC(=O)C=C(C)C)C31O2. The van der Waals surface area contributed by atoms with E-state index in [1.54, 1.807) is 13.4 Å². The predicted octanol–water partition coefficient (Wildman–Crippen LogP) is 5.63. The van der Waals surface area contributed by atoms with Gasteiger partial charge < -0.3 is 18.9 Å². The van der Waals surface area contributed by atoms with Crippen LogP contribution >= 0.6 is 0 Å². The molecule has 2 heterocycles. The van der Waals surface area contributed by atoms with Crippen molar-refractivity contribution in [3.8, 4) is 0 Å². The summed E-state index contributed by atoms with van der Waals surface area (Å²) >= 11 is 0. The number of fused-ring (bicyclic) bond motifs is 1. The number of methoxy groups -OCH3 is 1. The first-order valence-electron chi connectivity index (χ1n) is 11.3. The van der Waals surface area contributed by atoms with Crippen LogP contribution in [0.5, 0.6) is 0 Å². The van der Waals surface area contributed by atoms with Crippen molar-refractivity contribution in [3.63, 3.8) is 0 Å². The molecule has 3 aliphatic rings. The van der Waals surface area contributed by atoms with E-state index >= 15 is 0 Å². The van der Waals surface area contributed by atoms with Gasteiger partial charge >= 0.3 is 5.97 Å². The maximum atomic E-state index is 12.1. The molecular formula is C26H38O5. The lowest BCUT2D eigenvalue weighted by molar-refractivity contribution is -0.278. The Hall–Kier alpha value is -1.69. The van der Waals surface area contributed by atoms with Crippen molar-refractivity contribution in [2.75, 3.05) is 13.7 Å². The standard InChI is InChI=1S/C26H38O5/c1-18(2)9-8-12-24(5)13-10-20-17-30-25(6)16-22(28-7)26(20,31-25)21(24)11-14-29-23(27)15-19(3)4/h9-11,14-15,21-22H,8,12-13,16-17H2,1-7H3. The van der Waals surface area contributed by atoms with Gasteiger partial charge in [-0.2, -0.15) is 0 Å². The van der Waals surface area contributed by atoms with Crippen LogP contribution in [0.25, 0.3) is 0 Å². The summed E-state index contributed by atoms with van der Waals surface area (Å²) in [5.41, 5.74) is 2.68. The minimum absolute atomic E-state index is 0.0132. The smallest absolute Gasteiger partial charge is 0.335 e. The number of carbonyl (C=O) groups excluding carboxylic acids is 1. The van der Waals surface area contributed by atoms with Gasteiger partial charge in [-0.15, -0.1) is 0 Å². The number of hydrogen-bond acceptors (Lipinski definition) is 5. The molecule has 0 amide bonds. The topological polar surface area (TPSA) is 54.0 Å². The van der Waals surface area contributed by atoms with Crippen LogP contribution in [0.15, 0.2) is 47.3 Å². The summed E-state index contributed by atoms with van der Waals surface area (Å²) in [7, 11) is 1.75. The molecule has 0 N–H and O–H groups in total. The van der Waals surface area contributed by atoms with E-state index in [1.807, 2.05) is 26.8 Å². The molecule has 2 bridgehead atoms. The van der Waals surface area contributed by atoms with Crippen molar-refractivity contribution >= 4 is 5.97 Å². The highest BCUT2D eigenvalue weighted by atomic mass is 16.7. The molecule has 2 fully saturated rings. The normalized spacial score (nSPS) is 36.5. The van der Waals surface area contributed by atoms with Crippen molar-refractivity contribution in [2.24, 2.45) is 11.3 Å². The van der Waals surface area contributed by atoms with Crippen LogP contribution in [0, 0.1) is 11.3 Å². The van der Waals surface area contributed by atoms with Gasteiger partial charge in [-0.1, -0.05) is 30.2 Å². The van der Waals surface area contributed by atoms with Crippen LogP contribution in [0.2, 0.25) is 0 Å². The average molecular weight is 431 g/mol. The summed E-state index contributed by atoms with van der Waals surface area (Å²) in [4.78, 5) is 12.1. The first-order chi connectivity index (χ1) is 14.5. The lowest BCUT2D eigenvalue weighted by Crippen LogP contribution is -2.59. The molecule has 0 aromatic carbocycles. The molecule has 0 saturated carbocycles. The fourth-order valence-corrected chi connectivity index (χ4v) is 5.38. The largest absolute Gasteiger partial charge is 0.432 e. The van der Waals surface area contributed by atoms with Gasteiger partial charge in [-0.3, -0.25) is 0 Å². The molecule has 5 atom stereocenters. The van der Waals surface area contributed by atoms with E-state index in [-0.39, 0.29) is 23.4 Å². The second kappa shape index (κ2) is 9.05. The van der Waals surface area contributed by atoms with Gasteiger partial charge in [-0.25, -0.2) is 4.79 Å². The monoisotopic (exact) mass is 430 g/mol.